The van der Waals surface area contributed by atoms with Crippen molar-refractivity contribution in [1.82, 2.24) is 0 Å². The zero-order valence-corrected chi connectivity index (χ0v) is 20.4. The van der Waals surface area contributed by atoms with E-state index in [9.17, 15) is 4.79 Å². The highest BCUT2D eigenvalue weighted by Crippen LogP contribution is 2.25. The number of carboxylic acid groups (broad SMARTS) is 1. The summed E-state index contributed by atoms with van der Waals surface area (Å²) in [5.41, 5.74) is -0.530. The van der Waals surface area contributed by atoms with Crippen molar-refractivity contribution in [3.05, 3.63) is 0 Å². The Labute approximate surface area is 171 Å². The van der Waals surface area contributed by atoms with Gasteiger partial charge in [-0.3, -0.25) is 4.79 Å². The van der Waals surface area contributed by atoms with Gasteiger partial charge in [-0.1, -0.05) is 72.6 Å². The fourth-order valence-electron chi connectivity index (χ4n) is 2.22. The quantitative estimate of drug-likeness (QED) is 0.484. The molecule has 27 heavy (non-hydrogen) atoms. The molecule has 0 radical (unpaired) electrons. The van der Waals surface area contributed by atoms with Gasteiger partial charge in [0.05, 0.1) is 17.6 Å². The van der Waals surface area contributed by atoms with Crippen LogP contribution in [0.1, 0.15) is 127 Å². The molecule has 3 nitrogen and oxygen atoms in total. The molecule has 1 rings (SSSR count). The van der Waals surface area contributed by atoms with Crippen molar-refractivity contribution in [2.45, 2.75) is 133 Å². The molecule has 0 bridgehead atoms. The summed E-state index contributed by atoms with van der Waals surface area (Å²) in [7, 11) is 0. The van der Waals surface area contributed by atoms with Crippen LogP contribution in [-0.4, -0.2) is 23.3 Å². The Kier molecular flexibility index (Phi) is 21.7. The Morgan fingerprint density at radius 3 is 1.52 bits per heavy atom. The molecule has 0 spiro atoms. The highest BCUT2D eigenvalue weighted by molar-refractivity contribution is 5.72. The lowest BCUT2D eigenvalue weighted by molar-refractivity contribution is -0.145. The summed E-state index contributed by atoms with van der Waals surface area (Å²) in [6, 6.07) is 0. The number of carbonyl (C=O) groups is 1. The van der Waals surface area contributed by atoms with E-state index < -0.39 is 11.4 Å². The third kappa shape index (κ3) is 27.7. The van der Waals surface area contributed by atoms with Crippen molar-refractivity contribution >= 4 is 5.97 Å². The Morgan fingerprint density at radius 1 is 0.889 bits per heavy atom. The molecule has 1 aliphatic rings. The first kappa shape index (κ1) is 31.1. The van der Waals surface area contributed by atoms with Crippen molar-refractivity contribution in [2.75, 3.05) is 6.61 Å². The molecular formula is C24H52O3. The molecule has 0 heterocycles. The Bertz CT molecular complexity index is 301. The summed E-state index contributed by atoms with van der Waals surface area (Å²) in [5.74, 6) is 0.0884. The number of hydrogen-bond donors (Lipinski definition) is 1. The summed E-state index contributed by atoms with van der Waals surface area (Å²) in [6.07, 6.45) is 12.6. The largest absolute Gasteiger partial charge is 0.481 e. The van der Waals surface area contributed by atoms with E-state index in [2.05, 4.69) is 34.6 Å². The fraction of sp³-hybridized carbons (Fsp3) is 0.958. The van der Waals surface area contributed by atoms with E-state index in [0.717, 1.165) is 12.5 Å². The van der Waals surface area contributed by atoms with Crippen LogP contribution in [0.3, 0.4) is 0 Å². The van der Waals surface area contributed by atoms with E-state index in [-0.39, 0.29) is 5.60 Å². The normalized spacial score (nSPS) is 14.6. The van der Waals surface area contributed by atoms with Crippen LogP contribution in [0.4, 0.5) is 0 Å². The van der Waals surface area contributed by atoms with Crippen LogP contribution in [-0.2, 0) is 9.53 Å². The zero-order chi connectivity index (χ0) is 21.9. The van der Waals surface area contributed by atoms with E-state index >= 15 is 0 Å². The molecule has 0 saturated heterocycles. The van der Waals surface area contributed by atoms with Gasteiger partial charge in [0.15, 0.2) is 0 Å². The summed E-state index contributed by atoms with van der Waals surface area (Å²) >= 11 is 0. The van der Waals surface area contributed by atoms with E-state index in [4.69, 9.17) is 9.84 Å². The lowest BCUT2D eigenvalue weighted by atomic mass is 9.90. The van der Waals surface area contributed by atoms with Crippen LogP contribution in [0, 0.1) is 11.3 Å². The van der Waals surface area contributed by atoms with E-state index in [1.54, 1.807) is 20.8 Å². The van der Waals surface area contributed by atoms with Crippen LogP contribution >= 0.6 is 0 Å². The van der Waals surface area contributed by atoms with Gasteiger partial charge >= 0.3 is 5.97 Å². The zero-order valence-electron chi connectivity index (χ0n) is 20.4. The molecule has 0 unspecified atom stereocenters. The summed E-state index contributed by atoms with van der Waals surface area (Å²) in [4.78, 5) is 10.0. The second-order valence-corrected chi connectivity index (χ2v) is 9.19. The first-order chi connectivity index (χ1) is 12.4. The maximum atomic E-state index is 10.0. The summed E-state index contributed by atoms with van der Waals surface area (Å²) in [5, 5.41) is 8.25. The fourth-order valence-corrected chi connectivity index (χ4v) is 2.22. The monoisotopic (exact) mass is 388 g/mol. The molecule has 0 aromatic heterocycles. The van der Waals surface area contributed by atoms with Crippen molar-refractivity contribution in [3.8, 4) is 0 Å². The number of ether oxygens (including phenoxy) is 1. The number of carboxylic acids is 1. The number of aliphatic carboxylic acids is 1. The number of rotatable bonds is 5. The third-order valence-corrected chi connectivity index (χ3v) is 4.08. The number of hydrogen-bond acceptors (Lipinski definition) is 2. The third-order valence-electron chi connectivity index (χ3n) is 4.08. The van der Waals surface area contributed by atoms with Gasteiger partial charge in [0.1, 0.15) is 0 Å². The van der Waals surface area contributed by atoms with Gasteiger partial charge in [-0.15, -0.1) is 0 Å². The Hall–Kier alpha value is -0.570. The smallest absolute Gasteiger partial charge is 0.308 e. The topological polar surface area (TPSA) is 46.5 Å². The first-order valence-electron chi connectivity index (χ1n) is 11.3. The molecule has 1 N–H and O–H groups in total. The Morgan fingerprint density at radius 2 is 1.26 bits per heavy atom. The minimum Gasteiger partial charge on any atom is -0.481 e. The molecule has 0 aromatic rings. The summed E-state index contributed by atoms with van der Waals surface area (Å²) < 4.78 is 5.77. The minimum absolute atomic E-state index is 0.0530. The first-order valence-corrected chi connectivity index (χ1v) is 11.3. The second-order valence-electron chi connectivity index (χ2n) is 9.19. The SMILES string of the molecule is CC.CC(C)(C)C(=O)O.CC(C)(C)OCC1CCCCC1.CCCCCC. The van der Waals surface area contributed by atoms with Gasteiger partial charge < -0.3 is 9.84 Å². The van der Waals surface area contributed by atoms with Crippen LogP contribution < -0.4 is 0 Å². The molecule has 166 valence electrons. The van der Waals surface area contributed by atoms with Gasteiger partial charge in [-0.25, -0.2) is 0 Å². The van der Waals surface area contributed by atoms with Crippen LogP contribution in [0.15, 0.2) is 0 Å². The average molecular weight is 389 g/mol. The molecule has 0 amide bonds. The predicted molar refractivity (Wildman–Crippen MR) is 121 cm³/mol. The molecule has 0 aliphatic heterocycles. The predicted octanol–water partition coefficient (Wildman–Crippen LogP) is 8.11. The second kappa shape index (κ2) is 18.8. The molecular weight excluding hydrogens is 336 g/mol. The molecule has 3 heteroatoms. The summed E-state index contributed by atoms with van der Waals surface area (Å²) in [6.45, 7) is 20.8. The van der Waals surface area contributed by atoms with E-state index in [0.29, 0.717) is 0 Å². The maximum absolute atomic E-state index is 10.0. The van der Waals surface area contributed by atoms with Crippen LogP contribution in [0.5, 0.6) is 0 Å². The standard InChI is InChI=1S/C11H22O.C6H14.C5H10O2.C2H6/c1-11(2,3)12-9-10-7-5-4-6-8-10;1-3-5-6-4-2;1-5(2,3)4(6)7;1-2/h10H,4-9H2,1-3H3;3-6H2,1-2H3;1-3H3,(H,6,7);1-2H3. The molecule has 0 atom stereocenters. The highest BCUT2D eigenvalue weighted by Gasteiger charge is 2.19. The minimum atomic E-state index is -0.757. The van der Waals surface area contributed by atoms with Crippen molar-refractivity contribution in [1.29, 1.82) is 0 Å². The Balaban J connectivity index is -0.000000331. The van der Waals surface area contributed by atoms with Gasteiger partial charge in [-0.05, 0) is 60.3 Å². The molecule has 0 aromatic carbocycles. The lowest BCUT2D eigenvalue weighted by Gasteiger charge is -2.26. The van der Waals surface area contributed by atoms with Crippen molar-refractivity contribution < 1.29 is 14.6 Å². The maximum Gasteiger partial charge on any atom is 0.308 e. The van der Waals surface area contributed by atoms with E-state index in [1.165, 1.54) is 57.8 Å². The molecule has 1 fully saturated rings. The van der Waals surface area contributed by atoms with Crippen molar-refractivity contribution in [2.24, 2.45) is 11.3 Å². The van der Waals surface area contributed by atoms with Gasteiger partial charge in [0.25, 0.3) is 0 Å². The molecule has 1 aliphatic carbocycles. The van der Waals surface area contributed by atoms with Crippen LogP contribution in [0.25, 0.3) is 0 Å². The molecule has 1 saturated carbocycles. The van der Waals surface area contributed by atoms with Crippen molar-refractivity contribution in [3.63, 3.8) is 0 Å². The van der Waals surface area contributed by atoms with E-state index in [1.807, 2.05) is 13.8 Å². The van der Waals surface area contributed by atoms with Gasteiger partial charge in [0, 0.05) is 0 Å². The van der Waals surface area contributed by atoms with Gasteiger partial charge in [0.2, 0.25) is 0 Å². The average Bonchev–Trinajstić information content (AvgIpc) is 2.60. The van der Waals surface area contributed by atoms with Crippen LogP contribution in [0.2, 0.25) is 0 Å². The lowest BCUT2D eigenvalue weighted by Crippen LogP contribution is -2.24. The highest BCUT2D eigenvalue weighted by atomic mass is 16.5. The van der Waals surface area contributed by atoms with Gasteiger partial charge in [-0.2, -0.15) is 0 Å². The number of unbranched alkanes of at least 4 members (excludes halogenated alkanes) is 3.